The van der Waals surface area contributed by atoms with E-state index in [0.29, 0.717) is 10.7 Å². The highest BCUT2D eigenvalue weighted by atomic mass is 35.5. The third kappa shape index (κ3) is 5.43. The fourth-order valence-corrected chi connectivity index (χ4v) is 1.92. The summed E-state index contributed by atoms with van der Waals surface area (Å²) >= 11 is 5.67. The highest BCUT2D eigenvalue weighted by molar-refractivity contribution is 6.29. The average molecular weight is 337 g/mol. The topological polar surface area (TPSA) is 80.7 Å². The smallest absolute Gasteiger partial charge is 0.407 e. The van der Waals surface area contributed by atoms with Crippen LogP contribution in [0.5, 0.6) is 5.75 Å². The number of amides is 1. The number of aromatic nitrogens is 1. The standard InChI is InChI=1S/C16H17ClN2O4/c1-22-13-5-2-11(3-6-13)10-23-16(21)19-9-14(20)12-4-7-15(17)18-8-12/h2-8,14,20H,9-10H2,1H3,(H,19,21)/t14-/m0/s1. The van der Waals surface area contributed by atoms with Gasteiger partial charge in [-0.15, -0.1) is 0 Å². The number of hydrogen-bond acceptors (Lipinski definition) is 5. The summed E-state index contributed by atoms with van der Waals surface area (Å²) in [6.45, 7) is 0.152. The van der Waals surface area contributed by atoms with E-state index in [9.17, 15) is 9.90 Å². The van der Waals surface area contributed by atoms with Crippen LogP contribution in [0.15, 0.2) is 42.6 Å². The second-order valence-electron chi connectivity index (χ2n) is 4.74. The van der Waals surface area contributed by atoms with E-state index in [1.165, 1.54) is 6.20 Å². The average Bonchev–Trinajstić information content (AvgIpc) is 2.59. The molecule has 0 aliphatic carbocycles. The van der Waals surface area contributed by atoms with Crippen LogP contribution in [0.4, 0.5) is 4.79 Å². The summed E-state index contributed by atoms with van der Waals surface area (Å²) in [5.74, 6) is 0.734. The molecule has 0 bridgehead atoms. The van der Waals surface area contributed by atoms with Gasteiger partial charge in [-0.05, 0) is 23.8 Å². The minimum absolute atomic E-state index is 0.0186. The van der Waals surface area contributed by atoms with Crippen LogP contribution >= 0.6 is 11.6 Å². The molecule has 0 radical (unpaired) electrons. The van der Waals surface area contributed by atoms with E-state index in [0.717, 1.165) is 11.3 Å². The van der Waals surface area contributed by atoms with E-state index in [1.807, 2.05) is 0 Å². The van der Waals surface area contributed by atoms with Gasteiger partial charge in [0.05, 0.1) is 19.8 Å². The Morgan fingerprint density at radius 1 is 1.30 bits per heavy atom. The predicted molar refractivity (Wildman–Crippen MR) is 85.4 cm³/mol. The molecule has 122 valence electrons. The molecule has 2 N–H and O–H groups in total. The van der Waals surface area contributed by atoms with E-state index in [-0.39, 0.29) is 13.2 Å². The molecule has 7 heteroatoms. The molecule has 1 heterocycles. The minimum atomic E-state index is -0.881. The van der Waals surface area contributed by atoms with Crippen molar-refractivity contribution in [3.8, 4) is 5.75 Å². The van der Waals surface area contributed by atoms with Gasteiger partial charge >= 0.3 is 6.09 Å². The van der Waals surface area contributed by atoms with Crippen LogP contribution in [-0.2, 0) is 11.3 Å². The van der Waals surface area contributed by atoms with E-state index in [2.05, 4.69) is 10.3 Å². The van der Waals surface area contributed by atoms with E-state index in [1.54, 1.807) is 43.5 Å². The first-order valence-corrected chi connectivity index (χ1v) is 7.29. The van der Waals surface area contributed by atoms with Gasteiger partial charge in [0.2, 0.25) is 0 Å². The Kier molecular flexibility index (Phi) is 6.19. The Labute approximate surface area is 139 Å². The zero-order valence-corrected chi connectivity index (χ0v) is 13.3. The molecule has 0 fully saturated rings. The molecule has 6 nitrogen and oxygen atoms in total. The summed E-state index contributed by atoms with van der Waals surface area (Å²) in [5.41, 5.74) is 1.40. The number of nitrogens with zero attached hydrogens (tertiary/aromatic N) is 1. The van der Waals surface area contributed by atoms with Gasteiger partial charge in [-0.2, -0.15) is 0 Å². The monoisotopic (exact) mass is 336 g/mol. The number of methoxy groups -OCH3 is 1. The van der Waals surface area contributed by atoms with Crippen LogP contribution in [0.25, 0.3) is 0 Å². The number of nitrogens with one attached hydrogen (secondary N) is 1. The lowest BCUT2D eigenvalue weighted by Gasteiger charge is -2.12. The normalized spacial score (nSPS) is 11.6. The van der Waals surface area contributed by atoms with Gasteiger partial charge in [-0.1, -0.05) is 29.8 Å². The molecule has 0 unspecified atom stereocenters. The number of ether oxygens (including phenoxy) is 2. The first kappa shape index (κ1) is 17.1. The first-order chi connectivity index (χ1) is 11.1. The van der Waals surface area contributed by atoms with E-state index in [4.69, 9.17) is 21.1 Å². The number of hydrogen-bond donors (Lipinski definition) is 2. The number of benzene rings is 1. The summed E-state index contributed by atoms with van der Waals surface area (Å²) in [4.78, 5) is 15.5. The zero-order valence-electron chi connectivity index (χ0n) is 12.5. The van der Waals surface area contributed by atoms with Crippen molar-refractivity contribution in [2.24, 2.45) is 0 Å². The molecular formula is C16H17ClN2O4. The summed E-state index contributed by atoms with van der Waals surface area (Å²) in [7, 11) is 1.58. The number of aliphatic hydroxyl groups excluding tert-OH is 1. The van der Waals surface area contributed by atoms with Crippen LogP contribution in [-0.4, -0.2) is 29.8 Å². The van der Waals surface area contributed by atoms with Gasteiger partial charge in [-0.25, -0.2) is 9.78 Å². The molecule has 0 saturated heterocycles. The number of carbonyl (C=O) groups excluding carboxylic acids is 1. The van der Waals surface area contributed by atoms with E-state index < -0.39 is 12.2 Å². The Morgan fingerprint density at radius 3 is 2.65 bits per heavy atom. The summed E-state index contributed by atoms with van der Waals surface area (Å²) in [6, 6.07) is 10.4. The highest BCUT2D eigenvalue weighted by Crippen LogP contribution is 2.14. The van der Waals surface area contributed by atoms with Gasteiger partial charge in [0.25, 0.3) is 0 Å². The van der Waals surface area contributed by atoms with Crippen LogP contribution in [0.1, 0.15) is 17.2 Å². The lowest BCUT2D eigenvalue weighted by molar-refractivity contribution is 0.126. The molecular weight excluding hydrogens is 320 g/mol. The fourth-order valence-electron chi connectivity index (χ4n) is 1.80. The molecule has 0 spiro atoms. The van der Waals surface area contributed by atoms with Crippen molar-refractivity contribution in [2.45, 2.75) is 12.7 Å². The van der Waals surface area contributed by atoms with Gasteiger partial charge < -0.3 is 19.9 Å². The van der Waals surface area contributed by atoms with E-state index >= 15 is 0 Å². The van der Waals surface area contributed by atoms with Crippen LogP contribution in [0.3, 0.4) is 0 Å². The molecule has 0 aliphatic rings. The number of alkyl carbamates (subject to hydrolysis) is 1. The lowest BCUT2D eigenvalue weighted by Crippen LogP contribution is -2.28. The number of rotatable bonds is 6. The van der Waals surface area contributed by atoms with Crippen molar-refractivity contribution in [2.75, 3.05) is 13.7 Å². The van der Waals surface area contributed by atoms with Crippen LogP contribution in [0.2, 0.25) is 5.15 Å². The Hall–Kier alpha value is -2.31. The van der Waals surface area contributed by atoms with Crippen molar-refractivity contribution >= 4 is 17.7 Å². The van der Waals surface area contributed by atoms with Gasteiger partial charge in [0, 0.05) is 11.8 Å². The summed E-state index contributed by atoms with van der Waals surface area (Å²) < 4.78 is 10.1. The largest absolute Gasteiger partial charge is 0.497 e. The molecule has 0 saturated carbocycles. The van der Waals surface area contributed by atoms with Crippen molar-refractivity contribution in [3.63, 3.8) is 0 Å². The van der Waals surface area contributed by atoms with Gasteiger partial charge in [0.15, 0.2) is 0 Å². The summed E-state index contributed by atoms with van der Waals surface area (Å²) in [5, 5.41) is 12.8. The third-order valence-electron chi connectivity index (χ3n) is 3.10. The fraction of sp³-hybridized carbons (Fsp3) is 0.250. The summed E-state index contributed by atoms with van der Waals surface area (Å²) in [6.07, 6.45) is -0.0349. The SMILES string of the molecule is COc1ccc(COC(=O)NC[C@H](O)c2ccc(Cl)nc2)cc1. The van der Waals surface area contributed by atoms with Crippen LogP contribution < -0.4 is 10.1 Å². The second kappa shape index (κ2) is 8.36. The number of pyridine rings is 1. The van der Waals surface area contributed by atoms with Crippen molar-refractivity contribution in [3.05, 3.63) is 58.9 Å². The van der Waals surface area contributed by atoms with Gasteiger partial charge in [-0.3, -0.25) is 0 Å². The van der Waals surface area contributed by atoms with Crippen molar-refractivity contribution in [1.82, 2.24) is 10.3 Å². The molecule has 1 atom stereocenters. The molecule has 1 aromatic heterocycles. The highest BCUT2D eigenvalue weighted by Gasteiger charge is 2.10. The molecule has 23 heavy (non-hydrogen) atoms. The van der Waals surface area contributed by atoms with Gasteiger partial charge in [0.1, 0.15) is 17.5 Å². The lowest BCUT2D eigenvalue weighted by atomic mass is 10.2. The second-order valence-corrected chi connectivity index (χ2v) is 5.12. The maximum absolute atomic E-state index is 11.6. The Morgan fingerprint density at radius 2 is 2.04 bits per heavy atom. The minimum Gasteiger partial charge on any atom is -0.497 e. The Bertz CT molecular complexity index is 632. The molecule has 1 amide bonds. The molecule has 2 rings (SSSR count). The molecule has 1 aromatic carbocycles. The quantitative estimate of drug-likeness (QED) is 0.793. The van der Waals surface area contributed by atoms with Crippen molar-refractivity contribution < 1.29 is 19.4 Å². The number of halogens is 1. The predicted octanol–water partition coefficient (Wildman–Crippen LogP) is 2.70. The maximum Gasteiger partial charge on any atom is 0.407 e. The zero-order chi connectivity index (χ0) is 16.7. The van der Waals surface area contributed by atoms with Crippen molar-refractivity contribution in [1.29, 1.82) is 0 Å². The molecule has 2 aromatic rings. The first-order valence-electron chi connectivity index (χ1n) is 6.91. The third-order valence-corrected chi connectivity index (χ3v) is 3.33. The molecule has 0 aliphatic heterocycles. The van der Waals surface area contributed by atoms with Crippen LogP contribution in [0, 0.1) is 0 Å². The Balaban J connectivity index is 1.74. The number of aliphatic hydroxyl groups is 1. The maximum atomic E-state index is 11.6. The number of carbonyl (C=O) groups is 1.